The fourth-order valence-corrected chi connectivity index (χ4v) is 7.97. The van der Waals surface area contributed by atoms with Gasteiger partial charge >= 0.3 is 6.18 Å². The first kappa shape index (κ1) is 29.6. The molecule has 1 aromatic heterocycles. The summed E-state index contributed by atoms with van der Waals surface area (Å²) in [6.45, 7) is 2.49. The molecule has 226 valence electrons. The highest BCUT2D eigenvalue weighted by atomic mass is 19.4. The number of alkyl halides is 5. The van der Waals surface area contributed by atoms with Gasteiger partial charge in [0.25, 0.3) is 0 Å². The zero-order chi connectivity index (χ0) is 28.8. The van der Waals surface area contributed by atoms with E-state index in [9.17, 15) is 22.4 Å². The smallest absolute Gasteiger partial charge is 0.352 e. The topological polar surface area (TPSA) is 74.8 Å². The maximum absolute atomic E-state index is 16.4. The van der Waals surface area contributed by atoms with Crippen molar-refractivity contribution in [3.05, 3.63) is 18.0 Å². The number of carbonyl (C=O) groups excluding carboxylic acids is 1. The first-order valence-corrected chi connectivity index (χ1v) is 15.1. The summed E-state index contributed by atoms with van der Waals surface area (Å²) in [4.78, 5) is 13.8. The Morgan fingerprint density at radius 2 is 1.80 bits per heavy atom. The Kier molecular flexibility index (Phi) is 8.70. The Bertz CT molecular complexity index is 1080. The van der Waals surface area contributed by atoms with Gasteiger partial charge < -0.3 is 19.8 Å². The van der Waals surface area contributed by atoms with Gasteiger partial charge in [-0.3, -0.25) is 10.2 Å². The first-order valence-electron chi connectivity index (χ1n) is 15.1. The summed E-state index contributed by atoms with van der Waals surface area (Å²) in [6.07, 6.45) is 1.51. The van der Waals surface area contributed by atoms with Gasteiger partial charge in [0.05, 0.1) is 5.92 Å². The van der Waals surface area contributed by atoms with E-state index >= 15 is 4.39 Å². The second kappa shape index (κ2) is 11.8. The minimum atomic E-state index is -4.50. The van der Waals surface area contributed by atoms with Crippen molar-refractivity contribution in [1.82, 2.24) is 19.8 Å². The molecule has 6 nitrogen and oxygen atoms in total. The zero-order valence-electron chi connectivity index (χ0n) is 23.5. The Labute approximate surface area is 233 Å². The van der Waals surface area contributed by atoms with Gasteiger partial charge in [-0.1, -0.05) is 6.92 Å². The summed E-state index contributed by atoms with van der Waals surface area (Å²) in [5, 5.41) is 14.1. The van der Waals surface area contributed by atoms with Gasteiger partial charge in [-0.05, 0) is 99.8 Å². The van der Waals surface area contributed by atoms with Crippen molar-refractivity contribution in [2.24, 2.45) is 48.5 Å². The molecule has 5 rings (SSSR count). The van der Waals surface area contributed by atoms with E-state index in [1.54, 1.807) is 28.6 Å². The first-order chi connectivity index (χ1) is 18.9. The van der Waals surface area contributed by atoms with E-state index in [0.29, 0.717) is 38.1 Å². The van der Waals surface area contributed by atoms with Crippen LogP contribution in [0.1, 0.15) is 64.7 Å². The van der Waals surface area contributed by atoms with Gasteiger partial charge in [-0.25, -0.2) is 8.78 Å². The molecule has 0 aromatic carbocycles. The van der Waals surface area contributed by atoms with E-state index in [4.69, 9.17) is 5.41 Å². The highest BCUT2D eigenvalue weighted by molar-refractivity contribution is 5.80. The molecule has 3 N–H and O–H groups in total. The normalized spacial score (nSPS) is 38.1. The summed E-state index contributed by atoms with van der Waals surface area (Å²) in [6, 6.07) is -1.93. The van der Waals surface area contributed by atoms with Crippen molar-refractivity contribution >= 4 is 5.91 Å². The van der Waals surface area contributed by atoms with Crippen LogP contribution in [0.2, 0.25) is 0 Å². The van der Waals surface area contributed by atoms with Crippen LogP contribution < -0.4 is 16.3 Å². The highest BCUT2D eigenvalue weighted by Crippen LogP contribution is 2.47. The highest BCUT2D eigenvalue weighted by Gasteiger charge is 2.54. The lowest BCUT2D eigenvalue weighted by Crippen LogP contribution is -2.57. The van der Waals surface area contributed by atoms with Crippen LogP contribution in [0.5, 0.6) is 0 Å². The summed E-state index contributed by atoms with van der Waals surface area (Å²) < 4.78 is 76.0. The van der Waals surface area contributed by atoms with Crippen LogP contribution in [0.25, 0.3) is 0 Å². The number of halogens is 5. The lowest BCUT2D eigenvalue weighted by Gasteiger charge is -2.46. The van der Waals surface area contributed by atoms with Crippen LogP contribution >= 0.6 is 0 Å². The third-order valence-corrected chi connectivity index (χ3v) is 10.3. The van der Waals surface area contributed by atoms with Crippen LogP contribution in [0, 0.1) is 46.8 Å². The number of aromatic nitrogens is 2. The molecule has 4 aliphatic rings. The molecule has 10 atom stereocenters. The molecule has 40 heavy (non-hydrogen) atoms. The molecule has 2 heterocycles. The number of rotatable bonds is 7. The molecule has 1 saturated heterocycles. The van der Waals surface area contributed by atoms with E-state index in [2.05, 4.69) is 10.6 Å². The lowest BCUT2D eigenvalue weighted by atomic mass is 9.65. The standard InChI is InChI=1S/C29H44F5N5O/c1-16-12-19(7-8-23(16)30)25(18-5-6-18)37-27(40)22-14-17(15-39-11-10-38(2)28(39)35)13-21(24(22)31)20-4-3-9-36-26(20)29(32,33)34/h10-11,16-26,35-36H,3-9,12-15H2,1-2H3,(H,37,40)/t16?,17?,19?,20?,21?,22?,23?,24?,25-,26?/m0/s1. The zero-order valence-corrected chi connectivity index (χ0v) is 23.5. The van der Waals surface area contributed by atoms with Crippen molar-refractivity contribution in [3.63, 3.8) is 0 Å². The number of aryl methyl sites for hydroxylation is 1. The Morgan fingerprint density at radius 3 is 2.42 bits per heavy atom. The van der Waals surface area contributed by atoms with Crippen LogP contribution in [-0.2, 0) is 18.4 Å². The number of imidazole rings is 1. The van der Waals surface area contributed by atoms with Crippen molar-refractivity contribution in [2.45, 2.75) is 102 Å². The fourth-order valence-electron chi connectivity index (χ4n) is 7.97. The van der Waals surface area contributed by atoms with Crippen molar-refractivity contribution in [1.29, 1.82) is 5.41 Å². The molecule has 1 amide bonds. The van der Waals surface area contributed by atoms with Gasteiger partial charge in [0.1, 0.15) is 18.4 Å². The third kappa shape index (κ3) is 6.28. The Balaban J connectivity index is 1.38. The molecule has 1 aromatic rings. The van der Waals surface area contributed by atoms with E-state index in [-0.39, 0.29) is 55.2 Å². The number of amides is 1. The summed E-state index contributed by atoms with van der Waals surface area (Å²) in [7, 11) is 1.74. The molecule has 3 saturated carbocycles. The summed E-state index contributed by atoms with van der Waals surface area (Å²) in [5.41, 5.74) is 0.249. The molecule has 1 aliphatic heterocycles. The van der Waals surface area contributed by atoms with Crippen molar-refractivity contribution < 1.29 is 26.7 Å². The van der Waals surface area contributed by atoms with Gasteiger partial charge in [-0.15, -0.1) is 0 Å². The van der Waals surface area contributed by atoms with Gasteiger partial charge in [-0.2, -0.15) is 13.2 Å². The molecule has 3 aliphatic carbocycles. The van der Waals surface area contributed by atoms with E-state index in [1.165, 1.54) is 0 Å². The Hall–Kier alpha value is -1.91. The molecule has 0 radical (unpaired) electrons. The van der Waals surface area contributed by atoms with Crippen LogP contribution in [0.15, 0.2) is 12.4 Å². The predicted molar refractivity (Wildman–Crippen MR) is 140 cm³/mol. The minimum Gasteiger partial charge on any atom is -0.352 e. The SMILES string of the molecule is CC1CC([C@@H](NC(=O)C2CC(Cn3ccn(C)c3=N)CC(C3CCCNC3C(F)(F)F)C2F)C2CC2)CCC1F. The predicted octanol–water partition coefficient (Wildman–Crippen LogP) is 4.89. The maximum atomic E-state index is 16.4. The lowest BCUT2D eigenvalue weighted by molar-refractivity contribution is -0.183. The molecular formula is C29H44F5N5O. The van der Waals surface area contributed by atoms with Crippen LogP contribution in [0.4, 0.5) is 22.0 Å². The number of hydrogen-bond donors (Lipinski definition) is 3. The van der Waals surface area contributed by atoms with Gasteiger partial charge in [0.2, 0.25) is 11.5 Å². The monoisotopic (exact) mass is 573 g/mol. The Morgan fingerprint density at radius 1 is 1.07 bits per heavy atom. The van der Waals surface area contributed by atoms with Gasteiger partial charge in [0, 0.05) is 32.0 Å². The number of nitrogens with one attached hydrogen (secondary N) is 3. The summed E-state index contributed by atoms with van der Waals surface area (Å²) >= 11 is 0. The van der Waals surface area contributed by atoms with Crippen LogP contribution in [0.3, 0.4) is 0 Å². The third-order valence-electron chi connectivity index (χ3n) is 10.3. The number of carbonyl (C=O) groups is 1. The largest absolute Gasteiger partial charge is 0.404 e. The van der Waals surface area contributed by atoms with E-state index in [1.807, 2.05) is 6.92 Å². The molecule has 11 heteroatoms. The molecule has 0 spiro atoms. The maximum Gasteiger partial charge on any atom is 0.404 e. The average molecular weight is 574 g/mol. The number of hydrogen-bond acceptors (Lipinski definition) is 3. The quantitative estimate of drug-likeness (QED) is 0.407. The second-order valence-corrected chi connectivity index (χ2v) is 13.2. The van der Waals surface area contributed by atoms with Crippen molar-refractivity contribution in [3.8, 4) is 0 Å². The summed E-state index contributed by atoms with van der Waals surface area (Å²) in [5.74, 6) is -3.20. The molecule has 4 fully saturated rings. The minimum absolute atomic E-state index is 0.0886. The number of piperidine rings is 1. The number of nitrogens with zero attached hydrogens (tertiary/aromatic N) is 2. The molecule has 9 unspecified atom stereocenters. The van der Waals surface area contributed by atoms with Gasteiger partial charge in [0.15, 0.2) is 0 Å². The van der Waals surface area contributed by atoms with E-state index in [0.717, 1.165) is 12.8 Å². The fraction of sp³-hybridized carbons (Fsp3) is 0.862. The molecular weight excluding hydrogens is 529 g/mol. The van der Waals surface area contributed by atoms with Crippen molar-refractivity contribution in [2.75, 3.05) is 6.54 Å². The molecule has 0 bridgehead atoms. The van der Waals surface area contributed by atoms with Crippen LogP contribution in [-0.4, -0.2) is 52.2 Å². The second-order valence-electron chi connectivity index (χ2n) is 13.2. The average Bonchev–Trinajstić information content (AvgIpc) is 3.71. The van der Waals surface area contributed by atoms with E-state index < -0.39 is 48.2 Å².